The van der Waals surface area contributed by atoms with Gasteiger partial charge in [0, 0.05) is 44.7 Å². The minimum absolute atomic E-state index is 0.0135. The van der Waals surface area contributed by atoms with Crippen LogP contribution < -0.4 is 10.2 Å². The number of aliphatic carboxylic acids is 1. The SMILES string of the molecule is CC(C)C[C@H](NC(=O)CCC(=O)N1CCN(c2ccccc2)CC1)C(=O)O. The van der Waals surface area contributed by atoms with Gasteiger partial charge in [0.2, 0.25) is 11.8 Å². The van der Waals surface area contributed by atoms with Gasteiger partial charge < -0.3 is 20.2 Å². The predicted molar refractivity (Wildman–Crippen MR) is 103 cm³/mol. The molecule has 1 aromatic rings. The predicted octanol–water partition coefficient (Wildman–Crippen LogP) is 1.73. The number of nitrogens with zero attached hydrogens (tertiary/aromatic N) is 2. The number of amides is 2. The van der Waals surface area contributed by atoms with E-state index in [1.807, 2.05) is 32.0 Å². The van der Waals surface area contributed by atoms with Gasteiger partial charge in [0.05, 0.1) is 0 Å². The summed E-state index contributed by atoms with van der Waals surface area (Å²) in [5.74, 6) is -1.33. The monoisotopic (exact) mass is 375 g/mol. The van der Waals surface area contributed by atoms with E-state index in [4.69, 9.17) is 0 Å². The smallest absolute Gasteiger partial charge is 0.326 e. The Labute approximate surface area is 160 Å². The zero-order valence-corrected chi connectivity index (χ0v) is 16.1. The van der Waals surface area contributed by atoms with Gasteiger partial charge in [-0.15, -0.1) is 0 Å². The summed E-state index contributed by atoms with van der Waals surface area (Å²) >= 11 is 0. The number of carbonyl (C=O) groups is 3. The van der Waals surface area contributed by atoms with E-state index in [1.54, 1.807) is 4.90 Å². The van der Waals surface area contributed by atoms with E-state index in [1.165, 1.54) is 0 Å². The number of benzene rings is 1. The average Bonchev–Trinajstić information content (AvgIpc) is 2.66. The highest BCUT2D eigenvalue weighted by molar-refractivity contribution is 5.87. The molecule has 27 heavy (non-hydrogen) atoms. The molecule has 0 spiro atoms. The summed E-state index contributed by atoms with van der Waals surface area (Å²) in [6.07, 6.45) is 0.487. The second-order valence-electron chi connectivity index (χ2n) is 7.29. The molecule has 0 saturated carbocycles. The van der Waals surface area contributed by atoms with Crippen molar-refractivity contribution in [1.82, 2.24) is 10.2 Å². The maximum absolute atomic E-state index is 12.4. The number of hydrogen-bond donors (Lipinski definition) is 2. The van der Waals surface area contributed by atoms with Crippen LogP contribution in [0.5, 0.6) is 0 Å². The molecule has 1 fully saturated rings. The third-order valence-electron chi connectivity index (χ3n) is 4.66. The zero-order valence-electron chi connectivity index (χ0n) is 16.1. The van der Waals surface area contributed by atoms with Crippen LogP contribution in [0.4, 0.5) is 5.69 Å². The Morgan fingerprint density at radius 2 is 1.67 bits per heavy atom. The van der Waals surface area contributed by atoms with Crippen molar-refractivity contribution in [1.29, 1.82) is 0 Å². The van der Waals surface area contributed by atoms with Crippen LogP contribution in [0.25, 0.3) is 0 Å². The molecular weight excluding hydrogens is 346 g/mol. The molecule has 2 rings (SSSR count). The maximum Gasteiger partial charge on any atom is 0.326 e. The summed E-state index contributed by atoms with van der Waals surface area (Å²) < 4.78 is 0. The lowest BCUT2D eigenvalue weighted by Crippen LogP contribution is -2.49. The molecule has 2 amide bonds. The first kappa shape index (κ1) is 20.7. The first-order valence-electron chi connectivity index (χ1n) is 9.46. The van der Waals surface area contributed by atoms with Crippen molar-refractivity contribution in [2.75, 3.05) is 31.1 Å². The van der Waals surface area contributed by atoms with Crippen molar-refractivity contribution in [3.63, 3.8) is 0 Å². The molecule has 1 heterocycles. The van der Waals surface area contributed by atoms with Crippen LogP contribution in [0.2, 0.25) is 0 Å². The summed E-state index contributed by atoms with van der Waals surface area (Å²) in [5.41, 5.74) is 1.15. The topological polar surface area (TPSA) is 90.0 Å². The second kappa shape index (κ2) is 9.94. The van der Waals surface area contributed by atoms with Gasteiger partial charge in [-0.2, -0.15) is 0 Å². The van der Waals surface area contributed by atoms with Crippen LogP contribution in [-0.4, -0.2) is 60.0 Å². The number of rotatable bonds is 8. The Bertz CT molecular complexity index is 640. The van der Waals surface area contributed by atoms with Gasteiger partial charge >= 0.3 is 5.97 Å². The highest BCUT2D eigenvalue weighted by atomic mass is 16.4. The molecule has 148 valence electrons. The highest BCUT2D eigenvalue weighted by Crippen LogP contribution is 2.16. The highest BCUT2D eigenvalue weighted by Gasteiger charge is 2.24. The molecule has 1 aliphatic heterocycles. The van der Waals surface area contributed by atoms with E-state index in [2.05, 4.69) is 22.3 Å². The number of carboxylic acids is 1. The summed E-state index contributed by atoms with van der Waals surface area (Å²) in [4.78, 5) is 39.6. The van der Waals surface area contributed by atoms with Gasteiger partial charge in [-0.05, 0) is 24.5 Å². The number of nitrogens with one attached hydrogen (secondary N) is 1. The molecule has 1 aliphatic rings. The van der Waals surface area contributed by atoms with E-state index in [0.29, 0.717) is 19.5 Å². The van der Waals surface area contributed by atoms with E-state index in [0.717, 1.165) is 18.8 Å². The number of anilines is 1. The lowest BCUT2D eigenvalue weighted by Gasteiger charge is -2.36. The van der Waals surface area contributed by atoms with E-state index < -0.39 is 12.0 Å². The lowest BCUT2D eigenvalue weighted by atomic mass is 10.0. The normalized spacial score (nSPS) is 15.5. The van der Waals surface area contributed by atoms with Crippen molar-refractivity contribution in [3.05, 3.63) is 30.3 Å². The Hall–Kier alpha value is -2.57. The first-order chi connectivity index (χ1) is 12.9. The van der Waals surface area contributed by atoms with E-state index in [-0.39, 0.29) is 30.6 Å². The molecule has 0 unspecified atom stereocenters. The van der Waals surface area contributed by atoms with E-state index >= 15 is 0 Å². The number of piperazine rings is 1. The molecule has 0 bridgehead atoms. The standard InChI is InChI=1S/C20H29N3O4/c1-15(2)14-17(20(26)27)21-18(24)8-9-19(25)23-12-10-22(11-13-23)16-6-4-3-5-7-16/h3-7,15,17H,8-14H2,1-2H3,(H,21,24)(H,26,27)/t17-/m0/s1. The fourth-order valence-corrected chi connectivity index (χ4v) is 3.19. The molecule has 7 nitrogen and oxygen atoms in total. The van der Waals surface area contributed by atoms with Crippen LogP contribution in [0.15, 0.2) is 30.3 Å². The Morgan fingerprint density at radius 3 is 2.22 bits per heavy atom. The summed E-state index contributed by atoms with van der Waals surface area (Å²) in [7, 11) is 0. The fraction of sp³-hybridized carbons (Fsp3) is 0.550. The number of carbonyl (C=O) groups excluding carboxylic acids is 2. The largest absolute Gasteiger partial charge is 0.480 e. The molecule has 2 N–H and O–H groups in total. The van der Waals surface area contributed by atoms with Crippen LogP contribution in [0, 0.1) is 5.92 Å². The van der Waals surface area contributed by atoms with E-state index in [9.17, 15) is 19.5 Å². The van der Waals surface area contributed by atoms with Crippen LogP contribution in [0.1, 0.15) is 33.1 Å². The molecular formula is C20H29N3O4. The summed E-state index contributed by atoms with van der Waals surface area (Å²) in [5, 5.41) is 11.7. The number of carboxylic acid groups (broad SMARTS) is 1. The van der Waals surface area contributed by atoms with Gasteiger partial charge in [-0.3, -0.25) is 9.59 Å². The quantitative estimate of drug-likeness (QED) is 0.722. The molecule has 1 saturated heterocycles. The van der Waals surface area contributed by atoms with Crippen LogP contribution in [-0.2, 0) is 14.4 Å². The Morgan fingerprint density at radius 1 is 1.04 bits per heavy atom. The van der Waals surface area contributed by atoms with Gasteiger partial charge in [-0.25, -0.2) is 4.79 Å². The molecule has 1 aromatic carbocycles. The molecule has 7 heteroatoms. The number of hydrogen-bond acceptors (Lipinski definition) is 4. The molecule has 0 aromatic heterocycles. The van der Waals surface area contributed by atoms with Gasteiger partial charge in [0.1, 0.15) is 6.04 Å². The van der Waals surface area contributed by atoms with Crippen molar-refractivity contribution >= 4 is 23.5 Å². The third-order valence-corrected chi connectivity index (χ3v) is 4.66. The maximum atomic E-state index is 12.4. The van der Waals surface area contributed by atoms with Crippen molar-refractivity contribution in [3.8, 4) is 0 Å². The summed E-state index contributed by atoms with van der Waals surface area (Å²) in [6.45, 7) is 6.58. The van der Waals surface area contributed by atoms with Gasteiger partial charge in [0.25, 0.3) is 0 Å². The second-order valence-corrected chi connectivity index (χ2v) is 7.29. The van der Waals surface area contributed by atoms with Crippen molar-refractivity contribution in [2.45, 2.75) is 39.2 Å². The molecule has 1 atom stereocenters. The third kappa shape index (κ3) is 6.58. The minimum atomic E-state index is -1.04. The lowest BCUT2D eigenvalue weighted by molar-refractivity contribution is -0.142. The molecule has 0 aliphatic carbocycles. The fourth-order valence-electron chi connectivity index (χ4n) is 3.19. The Balaban J connectivity index is 1.74. The molecule has 0 radical (unpaired) electrons. The van der Waals surface area contributed by atoms with Crippen LogP contribution >= 0.6 is 0 Å². The average molecular weight is 375 g/mol. The zero-order chi connectivity index (χ0) is 19.8. The van der Waals surface area contributed by atoms with Crippen molar-refractivity contribution < 1.29 is 19.5 Å². The van der Waals surface area contributed by atoms with Gasteiger partial charge in [0.15, 0.2) is 0 Å². The minimum Gasteiger partial charge on any atom is -0.480 e. The number of para-hydroxylation sites is 1. The van der Waals surface area contributed by atoms with Gasteiger partial charge in [-0.1, -0.05) is 32.0 Å². The van der Waals surface area contributed by atoms with Crippen molar-refractivity contribution in [2.24, 2.45) is 5.92 Å². The Kier molecular flexibility index (Phi) is 7.64. The van der Waals surface area contributed by atoms with Crippen LogP contribution in [0.3, 0.4) is 0 Å². The first-order valence-corrected chi connectivity index (χ1v) is 9.46. The summed E-state index contributed by atoms with van der Waals surface area (Å²) in [6, 6.07) is 9.17.